The fraction of sp³-hybridized carbons (Fsp3) is 0.368. The van der Waals surface area contributed by atoms with E-state index in [1.54, 1.807) is 30.0 Å². The molecule has 2 aliphatic heterocycles. The maximum Gasteiger partial charge on any atom is 0.264 e. The van der Waals surface area contributed by atoms with Gasteiger partial charge in [-0.25, -0.2) is 13.9 Å². The minimum atomic E-state index is -4.03. The minimum absolute atomic E-state index is 0.0106. The van der Waals surface area contributed by atoms with Crippen LogP contribution in [0.1, 0.15) is 25.7 Å². The summed E-state index contributed by atoms with van der Waals surface area (Å²) in [6.07, 6.45) is 4.59. The molecule has 154 valence electrons. The van der Waals surface area contributed by atoms with Crippen molar-refractivity contribution >= 4 is 15.9 Å². The van der Waals surface area contributed by atoms with Gasteiger partial charge in [-0.05, 0) is 49.2 Å². The summed E-state index contributed by atoms with van der Waals surface area (Å²) in [6.45, 7) is 0. The second kappa shape index (κ2) is 7.71. The molecule has 0 saturated carbocycles. The summed E-state index contributed by atoms with van der Waals surface area (Å²) in [5.74, 6) is 0.256. The van der Waals surface area contributed by atoms with Gasteiger partial charge in [-0.15, -0.1) is 0 Å². The second-order valence-electron chi connectivity index (χ2n) is 7.25. The van der Waals surface area contributed by atoms with Gasteiger partial charge in [0.25, 0.3) is 5.91 Å². The van der Waals surface area contributed by atoms with E-state index in [1.807, 2.05) is 0 Å². The standard InChI is InChI=1S/C19H21N3O6S/c23-18(21-24)19(11-15-1-2-16(12-19)28-15)22-29(25,26)17-5-3-13(4-6-17)27-14-7-9-20-10-8-14/h3-10,15-16,22,24H,1-2,11-12H2,(H,21,23)/t15-,16+,19?. The third-order valence-electron chi connectivity index (χ3n) is 5.23. The Labute approximate surface area is 168 Å². The van der Waals surface area contributed by atoms with Crippen LogP contribution < -0.4 is 14.9 Å². The lowest BCUT2D eigenvalue weighted by Crippen LogP contribution is -2.62. The fourth-order valence-electron chi connectivity index (χ4n) is 3.91. The van der Waals surface area contributed by atoms with Crippen molar-refractivity contribution in [2.45, 2.75) is 48.3 Å². The molecule has 2 saturated heterocycles. The first-order chi connectivity index (χ1) is 13.9. The summed E-state index contributed by atoms with van der Waals surface area (Å²) < 4.78 is 39.8. The Morgan fingerprint density at radius 1 is 1.07 bits per heavy atom. The second-order valence-corrected chi connectivity index (χ2v) is 8.93. The van der Waals surface area contributed by atoms with Crippen LogP contribution in [0.3, 0.4) is 0 Å². The molecule has 1 unspecified atom stereocenters. The van der Waals surface area contributed by atoms with E-state index in [-0.39, 0.29) is 29.9 Å². The quantitative estimate of drug-likeness (QED) is 0.481. The molecule has 3 heterocycles. The predicted molar refractivity (Wildman–Crippen MR) is 101 cm³/mol. The number of aromatic nitrogens is 1. The van der Waals surface area contributed by atoms with Crippen LogP contribution in [-0.4, -0.2) is 42.3 Å². The predicted octanol–water partition coefficient (Wildman–Crippen LogP) is 1.74. The normalized spacial score (nSPS) is 26.1. The maximum atomic E-state index is 13.0. The molecule has 10 heteroatoms. The molecular formula is C19H21N3O6S. The van der Waals surface area contributed by atoms with Gasteiger partial charge >= 0.3 is 0 Å². The van der Waals surface area contributed by atoms with Crippen LogP contribution >= 0.6 is 0 Å². The summed E-state index contributed by atoms with van der Waals surface area (Å²) >= 11 is 0. The summed E-state index contributed by atoms with van der Waals surface area (Å²) in [7, 11) is -4.03. The number of hydrogen-bond acceptors (Lipinski definition) is 7. The number of pyridine rings is 1. The van der Waals surface area contributed by atoms with E-state index in [9.17, 15) is 18.4 Å². The van der Waals surface area contributed by atoms with Crippen molar-refractivity contribution in [2.24, 2.45) is 0 Å². The molecule has 29 heavy (non-hydrogen) atoms. The van der Waals surface area contributed by atoms with Gasteiger partial charge in [-0.1, -0.05) is 0 Å². The van der Waals surface area contributed by atoms with Crippen molar-refractivity contribution in [2.75, 3.05) is 0 Å². The third kappa shape index (κ3) is 4.10. The molecular weight excluding hydrogens is 398 g/mol. The number of hydroxylamine groups is 1. The number of carbonyl (C=O) groups excluding carboxylic acids is 1. The van der Waals surface area contributed by atoms with Gasteiger partial charge in [0.05, 0.1) is 17.1 Å². The zero-order valence-corrected chi connectivity index (χ0v) is 16.3. The Hall–Kier alpha value is -2.53. The molecule has 9 nitrogen and oxygen atoms in total. The summed E-state index contributed by atoms with van der Waals surface area (Å²) in [5, 5.41) is 9.19. The van der Waals surface area contributed by atoms with Gasteiger partial charge in [0.1, 0.15) is 17.0 Å². The Morgan fingerprint density at radius 3 is 2.24 bits per heavy atom. The number of benzene rings is 1. The van der Waals surface area contributed by atoms with Crippen LogP contribution in [-0.2, 0) is 19.6 Å². The van der Waals surface area contributed by atoms with E-state index in [0.29, 0.717) is 11.5 Å². The van der Waals surface area contributed by atoms with Gasteiger partial charge < -0.3 is 9.47 Å². The minimum Gasteiger partial charge on any atom is -0.457 e. The lowest BCUT2D eigenvalue weighted by Gasteiger charge is -2.38. The monoisotopic (exact) mass is 419 g/mol. The highest BCUT2D eigenvalue weighted by molar-refractivity contribution is 7.89. The topological polar surface area (TPSA) is 127 Å². The molecule has 0 radical (unpaired) electrons. The van der Waals surface area contributed by atoms with E-state index >= 15 is 0 Å². The average molecular weight is 419 g/mol. The Bertz CT molecular complexity index is 969. The zero-order chi connectivity index (χ0) is 20.5. The highest BCUT2D eigenvalue weighted by atomic mass is 32.2. The molecule has 3 N–H and O–H groups in total. The van der Waals surface area contributed by atoms with Crippen molar-refractivity contribution in [1.29, 1.82) is 0 Å². The number of sulfonamides is 1. The Morgan fingerprint density at radius 2 is 1.66 bits per heavy atom. The number of carbonyl (C=O) groups is 1. The highest BCUT2D eigenvalue weighted by Crippen LogP contribution is 2.39. The van der Waals surface area contributed by atoms with Gasteiger partial charge in [0.2, 0.25) is 10.0 Å². The van der Waals surface area contributed by atoms with Crippen LogP contribution in [0, 0.1) is 0 Å². The number of ether oxygens (including phenoxy) is 2. The molecule has 3 atom stereocenters. The number of nitrogens with one attached hydrogen (secondary N) is 2. The van der Waals surface area contributed by atoms with Crippen molar-refractivity contribution in [3.05, 3.63) is 48.8 Å². The molecule has 0 spiro atoms. The first-order valence-electron chi connectivity index (χ1n) is 9.22. The summed E-state index contributed by atoms with van der Waals surface area (Å²) in [4.78, 5) is 16.3. The van der Waals surface area contributed by atoms with Gasteiger partial charge in [-0.3, -0.25) is 15.0 Å². The zero-order valence-electron chi connectivity index (χ0n) is 15.4. The lowest BCUT2D eigenvalue weighted by molar-refractivity contribution is -0.142. The summed E-state index contributed by atoms with van der Waals surface area (Å²) in [6, 6.07) is 9.23. The van der Waals surface area contributed by atoms with Crippen molar-refractivity contribution in [1.82, 2.24) is 15.2 Å². The number of amides is 1. The van der Waals surface area contributed by atoms with Gasteiger partial charge in [0.15, 0.2) is 0 Å². The Kier molecular flexibility index (Phi) is 5.26. The van der Waals surface area contributed by atoms with Crippen LogP contribution in [0.5, 0.6) is 11.5 Å². The largest absolute Gasteiger partial charge is 0.457 e. The van der Waals surface area contributed by atoms with Crippen LogP contribution in [0.2, 0.25) is 0 Å². The van der Waals surface area contributed by atoms with Crippen LogP contribution in [0.4, 0.5) is 0 Å². The fourth-order valence-corrected chi connectivity index (χ4v) is 5.29. The maximum absolute atomic E-state index is 13.0. The van der Waals surface area contributed by atoms with Crippen molar-refractivity contribution in [3.8, 4) is 11.5 Å². The first-order valence-corrected chi connectivity index (χ1v) is 10.7. The lowest BCUT2D eigenvalue weighted by atomic mass is 9.87. The molecule has 2 fully saturated rings. The molecule has 1 aromatic carbocycles. The van der Waals surface area contributed by atoms with Crippen LogP contribution in [0.25, 0.3) is 0 Å². The molecule has 0 aliphatic carbocycles. The van der Waals surface area contributed by atoms with E-state index in [2.05, 4.69) is 9.71 Å². The molecule has 1 amide bonds. The van der Waals surface area contributed by atoms with Crippen molar-refractivity contribution in [3.63, 3.8) is 0 Å². The number of hydrogen-bond donors (Lipinski definition) is 3. The van der Waals surface area contributed by atoms with E-state index in [1.165, 1.54) is 24.3 Å². The smallest absolute Gasteiger partial charge is 0.264 e. The Balaban J connectivity index is 1.55. The summed E-state index contributed by atoms with van der Waals surface area (Å²) in [5.41, 5.74) is 0.154. The molecule has 2 aliphatic rings. The molecule has 1 aromatic heterocycles. The van der Waals surface area contributed by atoms with Crippen molar-refractivity contribution < 1.29 is 27.9 Å². The molecule has 2 aromatic rings. The highest BCUT2D eigenvalue weighted by Gasteiger charge is 2.51. The molecule has 4 rings (SSSR count). The van der Waals surface area contributed by atoms with E-state index in [0.717, 1.165) is 12.8 Å². The third-order valence-corrected chi connectivity index (χ3v) is 6.79. The van der Waals surface area contributed by atoms with E-state index in [4.69, 9.17) is 9.47 Å². The van der Waals surface area contributed by atoms with Gasteiger partial charge in [-0.2, -0.15) is 4.72 Å². The SMILES string of the molecule is O=C(NO)C1(NS(=O)(=O)c2ccc(Oc3ccncc3)cc2)C[C@H]2CC[C@@H](C1)O2. The van der Waals surface area contributed by atoms with Crippen LogP contribution in [0.15, 0.2) is 53.7 Å². The van der Waals surface area contributed by atoms with E-state index < -0.39 is 21.5 Å². The number of fused-ring (bicyclic) bond motifs is 2. The molecule has 2 bridgehead atoms. The number of nitrogens with zero attached hydrogens (tertiary/aromatic N) is 1. The number of rotatable bonds is 6. The van der Waals surface area contributed by atoms with Gasteiger partial charge in [0, 0.05) is 25.2 Å². The first kappa shape index (κ1) is 19.8. The average Bonchev–Trinajstić information content (AvgIpc) is 3.07.